The van der Waals surface area contributed by atoms with E-state index in [1.807, 2.05) is 0 Å². The van der Waals surface area contributed by atoms with Crippen LogP contribution in [0.25, 0.3) is 0 Å². The summed E-state index contributed by atoms with van der Waals surface area (Å²) in [5, 5.41) is 0. The highest BCUT2D eigenvalue weighted by Crippen LogP contribution is 2.27. The molecule has 1 unspecified atom stereocenters. The summed E-state index contributed by atoms with van der Waals surface area (Å²) < 4.78 is 0. The number of carbonyl (C=O) groups excluding carboxylic acids is 2. The molecule has 1 aliphatic carbocycles. The lowest BCUT2D eigenvalue weighted by Crippen LogP contribution is -2.32. The highest BCUT2D eigenvalue weighted by Gasteiger charge is 2.29. The Kier molecular flexibility index (Phi) is 4.80. The Morgan fingerprint density at radius 1 is 1.11 bits per heavy atom. The zero-order valence-corrected chi connectivity index (χ0v) is 11.5. The van der Waals surface area contributed by atoms with Crippen LogP contribution in [0, 0.1) is 11.8 Å². The molecule has 1 saturated carbocycles. The zero-order valence-electron chi connectivity index (χ0n) is 11.5. The minimum absolute atomic E-state index is 0.142. The monoisotopic (exact) mass is 267 g/mol. The van der Waals surface area contributed by atoms with Crippen molar-refractivity contribution in [3.8, 4) is 0 Å². The van der Waals surface area contributed by atoms with E-state index in [4.69, 9.17) is 11.5 Å². The van der Waals surface area contributed by atoms with Gasteiger partial charge < -0.3 is 16.4 Å². The molecular weight excluding hydrogens is 242 g/mol. The van der Waals surface area contributed by atoms with E-state index in [-0.39, 0.29) is 17.7 Å². The Labute approximate surface area is 114 Å². The molecule has 1 saturated heterocycles. The van der Waals surface area contributed by atoms with Gasteiger partial charge in [-0.15, -0.1) is 0 Å². The second-order valence-electron chi connectivity index (χ2n) is 6.05. The zero-order chi connectivity index (χ0) is 13.8. The van der Waals surface area contributed by atoms with Crippen LogP contribution in [0.5, 0.6) is 0 Å². The number of carbonyl (C=O) groups is 2. The number of amides is 2. The third-order valence-electron chi connectivity index (χ3n) is 4.60. The number of nitrogens with zero attached hydrogens (tertiary/aromatic N) is 1. The van der Waals surface area contributed by atoms with Gasteiger partial charge in [0.15, 0.2) is 0 Å². The average Bonchev–Trinajstić information content (AvgIpc) is 2.87. The van der Waals surface area contributed by atoms with Crippen LogP contribution in [0.15, 0.2) is 0 Å². The largest absolute Gasteiger partial charge is 0.369 e. The quantitative estimate of drug-likeness (QED) is 0.782. The third kappa shape index (κ3) is 3.93. The van der Waals surface area contributed by atoms with Gasteiger partial charge in [0, 0.05) is 25.6 Å². The maximum atomic E-state index is 12.1. The van der Waals surface area contributed by atoms with E-state index in [0.717, 1.165) is 38.5 Å². The molecule has 1 atom stereocenters. The van der Waals surface area contributed by atoms with Crippen LogP contribution < -0.4 is 11.5 Å². The number of rotatable bonds is 4. The Hall–Kier alpha value is -1.10. The Bertz CT molecular complexity index is 338. The van der Waals surface area contributed by atoms with Crippen molar-refractivity contribution in [1.29, 1.82) is 0 Å². The van der Waals surface area contributed by atoms with Gasteiger partial charge in [0.05, 0.1) is 5.92 Å². The minimum Gasteiger partial charge on any atom is -0.369 e. The fourth-order valence-corrected chi connectivity index (χ4v) is 3.18. The summed E-state index contributed by atoms with van der Waals surface area (Å²) in [5.41, 5.74) is 11.2. The summed E-state index contributed by atoms with van der Waals surface area (Å²) in [5.74, 6) is 0.408. The lowest BCUT2D eigenvalue weighted by Gasteiger charge is -2.26. The molecule has 108 valence electrons. The van der Waals surface area contributed by atoms with Gasteiger partial charge in [-0.2, -0.15) is 0 Å². The van der Waals surface area contributed by atoms with E-state index in [0.29, 0.717) is 31.5 Å². The second-order valence-corrected chi connectivity index (χ2v) is 6.05. The van der Waals surface area contributed by atoms with Crippen molar-refractivity contribution in [3.63, 3.8) is 0 Å². The van der Waals surface area contributed by atoms with E-state index in [1.165, 1.54) is 0 Å². The van der Waals surface area contributed by atoms with Crippen molar-refractivity contribution >= 4 is 11.8 Å². The molecule has 4 N–H and O–H groups in total. The molecule has 19 heavy (non-hydrogen) atoms. The molecule has 2 rings (SSSR count). The number of nitrogens with two attached hydrogens (primary N) is 2. The molecule has 2 amide bonds. The summed E-state index contributed by atoms with van der Waals surface area (Å²) in [7, 11) is 0. The third-order valence-corrected chi connectivity index (χ3v) is 4.60. The fourth-order valence-electron chi connectivity index (χ4n) is 3.18. The van der Waals surface area contributed by atoms with Crippen LogP contribution in [-0.4, -0.2) is 35.8 Å². The van der Waals surface area contributed by atoms with Crippen LogP contribution in [0.4, 0.5) is 0 Å². The van der Waals surface area contributed by atoms with Gasteiger partial charge in [-0.3, -0.25) is 9.59 Å². The summed E-state index contributed by atoms with van der Waals surface area (Å²) in [6.07, 6.45) is 6.77. The SMILES string of the molecule is NC(=O)C1CCN(C(=O)CCC2CCC(N)CC2)C1. The lowest BCUT2D eigenvalue weighted by molar-refractivity contribution is -0.130. The highest BCUT2D eigenvalue weighted by molar-refractivity contribution is 5.81. The van der Waals surface area contributed by atoms with Gasteiger partial charge in [-0.25, -0.2) is 0 Å². The summed E-state index contributed by atoms with van der Waals surface area (Å²) >= 11 is 0. The van der Waals surface area contributed by atoms with Crippen molar-refractivity contribution in [2.45, 2.75) is 51.0 Å². The first-order chi connectivity index (χ1) is 9.06. The molecule has 0 aromatic rings. The van der Waals surface area contributed by atoms with Crippen LogP contribution in [0.1, 0.15) is 44.9 Å². The lowest BCUT2D eigenvalue weighted by atomic mass is 9.84. The van der Waals surface area contributed by atoms with E-state index >= 15 is 0 Å². The molecule has 2 aliphatic rings. The van der Waals surface area contributed by atoms with Gasteiger partial charge in [-0.05, 0) is 44.4 Å². The maximum absolute atomic E-state index is 12.1. The van der Waals surface area contributed by atoms with Gasteiger partial charge >= 0.3 is 0 Å². The second kappa shape index (κ2) is 6.37. The highest BCUT2D eigenvalue weighted by atomic mass is 16.2. The van der Waals surface area contributed by atoms with Crippen LogP contribution in [-0.2, 0) is 9.59 Å². The fraction of sp³-hybridized carbons (Fsp3) is 0.857. The molecule has 0 spiro atoms. The molecule has 0 bridgehead atoms. The number of hydrogen-bond acceptors (Lipinski definition) is 3. The molecule has 2 fully saturated rings. The first kappa shape index (κ1) is 14.3. The molecule has 0 aromatic carbocycles. The minimum atomic E-state index is -0.281. The molecule has 0 aromatic heterocycles. The summed E-state index contributed by atoms with van der Waals surface area (Å²) in [6.45, 7) is 1.20. The van der Waals surface area contributed by atoms with Gasteiger partial charge in [0.1, 0.15) is 0 Å². The van der Waals surface area contributed by atoms with E-state index in [9.17, 15) is 9.59 Å². The van der Waals surface area contributed by atoms with Crippen LogP contribution in [0.2, 0.25) is 0 Å². The predicted molar refractivity (Wildman–Crippen MR) is 73.0 cm³/mol. The van der Waals surface area contributed by atoms with Crippen molar-refractivity contribution < 1.29 is 9.59 Å². The molecule has 5 heteroatoms. The summed E-state index contributed by atoms with van der Waals surface area (Å²) in [4.78, 5) is 24.9. The molecule has 1 heterocycles. The topological polar surface area (TPSA) is 89.4 Å². The number of likely N-dealkylation sites (tertiary alicyclic amines) is 1. The molecule has 0 radical (unpaired) electrons. The van der Waals surface area contributed by atoms with Crippen LogP contribution >= 0.6 is 0 Å². The normalized spacial score (nSPS) is 31.4. The standard InChI is InChI=1S/C14H25N3O2/c15-12-4-1-10(2-5-12)3-6-13(18)17-8-7-11(9-17)14(16)19/h10-12H,1-9,15H2,(H2,16,19). The molecule has 1 aliphatic heterocycles. The van der Waals surface area contributed by atoms with Crippen LogP contribution in [0.3, 0.4) is 0 Å². The number of hydrogen-bond donors (Lipinski definition) is 2. The Morgan fingerprint density at radius 3 is 2.37 bits per heavy atom. The van der Waals surface area contributed by atoms with Crippen molar-refractivity contribution in [2.24, 2.45) is 23.3 Å². The average molecular weight is 267 g/mol. The van der Waals surface area contributed by atoms with E-state index in [2.05, 4.69) is 0 Å². The van der Waals surface area contributed by atoms with Gasteiger partial charge in [0.25, 0.3) is 0 Å². The van der Waals surface area contributed by atoms with Crippen molar-refractivity contribution in [1.82, 2.24) is 4.90 Å². The van der Waals surface area contributed by atoms with Gasteiger partial charge in [0.2, 0.25) is 11.8 Å². The molecular formula is C14H25N3O2. The summed E-state index contributed by atoms with van der Waals surface area (Å²) in [6, 6.07) is 0.363. The van der Waals surface area contributed by atoms with Gasteiger partial charge in [-0.1, -0.05) is 0 Å². The Balaban J connectivity index is 1.69. The van der Waals surface area contributed by atoms with E-state index in [1.54, 1.807) is 4.90 Å². The smallest absolute Gasteiger partial charge is 0.222 e. The van der Waals surface area contributed by atoms with E-state index < -0.39 is 0 Å². The Morgan fingerprint density at radius 2 is 1.79 bits per heavy atom. The predicted octanol–water partition coefficient (Wildman–Crippen LogP) is 0.618. The first-order valence-corrected chi connectivity index (χ1v) is 7.39. The maximum Gasteiger partial charge on any atom is 0.222 e. The number of primary amides is 1. The molecule has 5 nitrogen and oxygen atoms in total. The van der Waals surface area contributed by atoms with Crippen molar-refractivity contribution in [3.05, 3.63) is 0 Å². The first-order valence-electron chi connectivity index (χ1n) is 7.39. The van der Waals surface area contributed by atoms with Crippen molar-refractivity contribution in [2.75, 3.05) is 13.1 Å².